The van der Waals surface area contributed by atoms with Crippen molar-refractivity contribution in [1.82, 2.24) is 4.72 Å². The van der Waals surface area contributed by atoms with E-state index >= 15 is 0 Å². The number of fused-ring (bicyclic) bond motifs is 1. The number of esters is 1. The normalized spacial score (nSPS) is 12.7. The quantitative estimate of drug-likeness (QED) is 0.511. The standard InChI is InChI=1S/C20H19NO7S/c1-13(22)14-2-5-17(6-3-14)29(25,26)21-11-20(24)28-12-18(23)15-4-7-19-16(10-15)8-9-27-19/h2-7,10,21H,8-9,11-12H2,1H3. The lowest BCUT2D eigenvalue weighted by Gasteiger charge is -2.08. The van der Waals surface area contributed by atoms with Gasteiger partial charge in [0.05, 0.1) is 11.5 Å². The molecular weight excluding hydrogens is 398 g/mol. The predicted molar refractivity (Wildman–Crippen MR) is 103 cm³/mol. The zero-order valence-electron chi connectivity index (χ0n) is 15.6. The van der Waals surface area contributed by atoms with Gasteiger partial charge in [0.1, 0.15) is 12.3 Å². The van der Waals surface area contributed by atoms with Crippen LogP contribution in [-0.2, 0) is 26.0 Å². The zero-order chi connectivity index (χ0) is 21.0. The third-order valence-electron chi connectivity index (χ3n) is 4.35. The molecule has 1 N–H and O–H groups in total. The molecule has 0 spiro atoms. The Labute approximate surface area is 167 Å². The molecule has 1 heterocycles. The Balaban J connectivity index is 1.51. The molecule has 8 nitrogen and oxygen atoms in total. The third-order valence-corrected chi connectivity index (χ3v) is 5.77. The number of hydrogen-bond acceptors (Lipinski definition) is 7. The van der Waals surface area contributed by atoms with Crippen molar-refractivity contribution in [3.05, 3.63) is 59.2 Å². The van der Waals surface area contributed by atoms with Crippen LogP contribution in [0.15, 0.2) is 47.4 Å². The van der Waals surface area contributed by atoms with Crippen LogP contribution in [0.3, 0.4) is 0 Å². The van der Waals surface area contributed by atoms with Crippen LogP contribution in [0.2, 0.25) is 0 Å². The summed E-state index contributed by atoms with van der Waals surface area (Å²) in [4.78, 5) is 35.2. The summed E-state index contributed by atoms with van der Waals surface area (Å²) in [5.41, 5.74) is 1.69. The fraction of sp³-hybridized carbons (Fsp3) is 0.250. The van der Waals surface area contributed by atoms with Gasteiger partial charge in [0.2, 0.25) is 10.0 Å². The maximum absolute atomic E-state index is 12.2. The second-order valence-corrected chi connectivity index (χ2v) is 8.18. The molecule has 0 bridgehead atoms. The largest absolute Gasteiger partial charge is 0.493 e. The smallest absolute Gasteiger partial charge is 0.321 e. The van der Waals surface area contributed by atoms with E-state index in [1.807, 2.05) is 0 Å². The molecule has 152 valence electrons. The summed E-state index contributed by atoms with van der Waals surface area (Å²) in [5, 5.41) is 0. The Hall–Kier alpha value is -3.04. The molecule has 0 saturated heterocycles. The van der Waals surface area contributed by atoms with Crippen LogP contribution in [-0.4, -0.2) is 45.7 Å². The molecule has 9 heteroatoms. The molecule has 0 fully saturated rings. The van der Waals surface area contributed by atoms with E-state index in [-0.39, 0.29) is 10.7 Å². The van der Waals surface area contributed by atoms with Crippen LogP contribution in [0.1, 0.15) is 33.2 Å². The Morgan fingerprint density at radius 1 is 1.07 bits per heavy atom. The summed E-state index contributed by atoms with van der Waals surface area (Å²) in [6.45, 7) is 0.824. The number of ketones is 2. The Kier molecular flexibility index (Phi) is 6.09. The minimum Gasteiger partial charge on any atom is -0.493 e. The van der Waals surface area contributed by atoms with Gasteiger partial charge in [-0.25, -0.2) is 8.42 Å². The minimum absolute atomic E-state index is 0.0910. The Morgan fingerprint density at radius 2 is 1.76 bits per heavy atom. The molecule has 0 aliphatic carbocycles. The van der Waals surface area contributed by atoms with E-state index in [1.165, 1.54) is 31.2 Å². The molecule has 0 saturated carbocycles. The van der Waals surface area contributed by atoms with Crippen molar-refractivity contribution in [1.29, 1.82) is 0 Å². The number of ether oxygens (including phenoxy) is 2. The average Bonchev–Trinajstić information content (AvgIpc) is 3.18. The van der Waals surface area contributed by atoms with Crippen molar-refractivity contribution in [3.8, 4) is 5.75 Å². The zero-order valence-corrected chi connectivity index (χ0v) is 16.5. The number of carbonyl (C=O) groups is 3. The molecule has 2 aromatic carbocycles. The molecule has 29 heavy (non-hydrogen) atoms. The molecule has 0 unspecified atom stereocenters. The number of Topliss-reactive ketones (excluding diaryl/α,β-unsaturated/α-hetero) is 2. The van der Waals surface area contributed by atoms with Crippen molar-refractivity contribution in [2.24, 2.45) is 0 Å². The molecule has 0 atom stereocenters. The SMILES string of the molecule is CC(=O)c1ccc(S(=O)(=O)NCC(=O)OCC(=O)c2ccc3c(c2)CCO3)cc1. The summed E-state index contributed by atoms with van der Waals surface area (Å²) in [6.07, 6.45) is 0.714. The summed E-state index contributed by atoms with van der Waals surface area (Å²) in [7, 11) is -3.96. The van der Waals surface area contributed by atoms with Crippen molar-refractivity contribution in [3.63, 3.8) is 0 Å². The highest BCUT2D eigenvalue weighted by molar-refractivity contribution is 7.89. The van der Waals surface area contributed by atoms with Gasteiger partial charge in [-0.3, -0.25) is 14.4 Å². The van der Waals surface area contributed by atoms with Gasteiger partial charge >= 0.3 is 5.97 Å². The van der Waals surface area contributed by atoms with Crippen LogP contribution in [0.4, 0.5) is 0 Å². The average molecular weight is 417 g/mol. The fourth-order valence-corrected chi connectivity index (χ4v) is 3.72. The summed E-state index contributed by atoms with van der Waals surface area (Å²) < 4.78 is 36.8. The van der Waals surface area contributed by atoms with Crippen molar-refractivity contribution < 1.29 is 32.3 Å². The minimum atomic E-state index is -3.96. The Bertz CT molecular complexity index is 1060. The van der Waals surface area contributed by atoms with Gasteiger partial charge in [0.25, 0.3) is 0 Å². The molecular formula is C20H19NO7S. The van der Waals surface area contributed by atoms with Gasteiger partial charge < -0.3 is 9.47 Å². The van der Waals surface area contributed by atoms with Crippen LogP contribution < -0.4 is 9.46 Å². The summed E-state index contributed by atoms with van der Waals surface area (Å²) in [6, 6.07) is 10.3. The predicted octanol–water partition coefficient (Wildman–Crippen LogP) is 1.53. The molecule has 2 aromatic rings. The summed E-state index contributed by atoms with van der Waals surface area (Å²) in [5.74, 6) is -0.724. The van der Waals surface area contributed by atoms with E-state index in [1.54, 1.807) is 18.2 Å². The lowest BCUT2D eigenvalue weighted by atomic mass is 10.1. The molecule has 0 radical (unpaired) electrons. The number of nitrogens with one attached hydrogen (secondary N) is 1. The maximum Gasteiger partial charge on any atom is 0.321 e. The first-order valence-corrected chi connectivity index (χ1v) is 10.3. The topological polar surface area (TPSA) is 116 Å². The third kappa shape index (κ3) is 5.07. The monoisotopic (exact) mass is 417 g/mol. The first-order valence-electron chi connectivity index (χ1n) is 8.81. The number of sulfonamides is 1. The first kappa shape index (κ1) is 20.7. The number of benzene rings is 2. The fourth-order valence-electron chi connectivity index (χ4n) is 2.75. The number of hydrogen-bond donors (Lipinski definition) is 1. The number of carbonyl (C=O) groups excluding carboxylic acids is 3. The van der Waals surface area contributed by atoms with Crippen molar-refractivity contribution >= 4 is 27.6 Å². The lowest BCUT2D eigenvalue weighted by molar-refractivity contribution is -0.141. The maximum atomic E-state index is 12.2. The van der Waals surface area contributed by atoms with Gasteiger partial charge in [0, 0.05) is 17.5 Å². The van der Waals surface area contributed by atoms with E-state index < -0.39 is 34.9 Å². The highest BCUT2D eigenvalue weighted by Gasteiger charge is 2.19. The van der Waals surface area contributed by atoms with Crippen LogP contribution in [0.5, 0.6) is 5.75 Å². The van der Waals surface area contributed by atoms with E-state index in [2.05, 4.69) is 4.72 Å². The van der Waals surface area contributed by atoms with Crippen LogP contribution in [0, 0.1) is 0 Å². The van der Waals surface area contributed by atoms with Gasteiger partial charge in [-0.05, 0) is 42.8 Å². The van der Waals surface area contributed by atoms with E-state index in [0.717, 1.165) is 11.3 Å². The van der Waals surface area contributed by atoms with E-state index in [9.17, 15) is 22.8 Å². The van der Waals surface area contributed by atoms with Gasteiger partial charge in [0.15, 0.2) is 18.2 Å². The number of rotatable bonds is 8. The second kappa shape index (κ2) is 8.54. The second-order valence-electron chi connectivity index (χ2n) is 6.41. The van der Waals surface area contributed by atoms with Gasteiger partial charge in [-0.15, -0.1) is 0 Å². The molecule has 1 aliphatic heterocycles. The molecule has 3 rings (SSSR count). The molecule has 0 amide bonds. The van der Waals surface area contributed by atoms with Crippen molar-refractivity contribution in [2.45, 2.75) is 18.2 Å². The van der Waals surface area contributed by atoms with Gasteiger partial charge in [-0.1, -0.05) is 12.1 Å². The highest BCUT2D eigenvalue weighted by Crippen LogP contribution is 2.26. The summed E-state index contributed by atoms with van der Waals surface area (Å²) >= 11 is 0. The molecule has 1 aliphatic rings. The highest BCUT2D eigenvalue weighted by atomic mass is 32.2. The van der Waals surface area contributed by atoms with Gasteiger partial charge in [-0.2, -0.15) is 4.72 Å². The van der Waals surface area contributed by atoms with Crippen LogP contribution in [0.25, 0.3) is 0 Å². The van der Waals surface area contributed by atoms with Crippen LogP contribution >= 0.6 is 0 Å². The first-order chi connectivity index (χ1) is 13.8. The Morgan fingerprint density at radius 3 is 2.45 bits per heavy atom. The van der Waals surface area contributed by atoms with Crippen molar-refractivity contribution in [2.75, 3.05) is 19.8 Å². The molecule has 0 aromatic heterocycles. The van der Waals surface area contributed by atoms with E-state index in [0.29, 0.717) is 24.2 Å². The lowest BCUT2D eigenvalue weighted by Crippen LogP contribution is -2.31. The van der Waals surface area contributed by atoms with E-state index in [4.69, 9.17) is 9.47 Å².